The highest BCUT2D eigenvalue weighted by molar-refractivity contribution is 8.00. The molecule has 19 heavy (non-hydrogen) atoms. The highest BCUT2D eigenvalue weighted by atomic mass is 35.5. The molecule has 6 heteroatoms. The zero-order chi connectivity index (χ0) is 14.6. The lowest BCUT2D eigenvalue weighted by atomic mass is 9.96. The first kappa shape index (κ1) is 16.9. The van der Waals surface area contributed by atoms with Crippen LogP contribution >= 0.6 is 31.6 Å². The van der Waals surface area contributed by atoms with Crippen molar-refractivity contribution in [3.63, 3.8) is 0 Å². The second-order valence-electron chi connectivity index (χ2n) is 4.92. The van der Waals surface area contributed by atoms with Crippen LogP contribution in [0.3, 0.4) is 0 Å². The number of halogens is 1. The maximum absolute atomic E-state index is 11.2. The summed E-state index contributed by atoms with van der Waals surface area (Å²) in [7, 11) is -2.65. The summed E-state index contributed by atoms with van der Waals surface area (Å²) in [6.45, 7) is 7.95. The van der Waals surface area contributed by atoms with Gasteiger partial charge >= 0.3 is 8.25 Å². The quantitative estimate of drug-likeness (QED) is 0.449. The molecule has 106 valence electrons. The molecule has 0 aliphatic rings. The number of benzene rings is 1. The fourth-order valence-electron chi connectivity index (χ4n) is 1.94. The van der Waals surface area contributed by atoms with Crippen LogP contribution in [0.15, 0.2) is 29.2 Å². The summed E-state index contributed by atoms with van der Waals surface area (Å²) in [6, 6.07) is 7.38. The molecule has 0 saturated carbocycles. The minimum absolute atomic E-state index is 0.0827. The first-order chi connectivity index (χ1) is 8.78. The Balaban J connectivity index is 3.08. The molecule has 0 aromatic heterocycles. The van der Waals surface area contributed by atoms with E-state index in [4.69, 9.17) is 21.0 Å². The molecule has 0 amide bonds. The van der Waals surface area contributed by atoms with E-state index in [0.717, 1.165) is 4.90 Å². The van der Waals surface area contributed by atoms with Crippen molar-refractivity contribution in [3.8, 4) is 0 Å². The van der Waals surface area contributed by atoms with Gasteiger partial charge in [0.25, 0.3) is 0 Å². The first-order valence-corrected chi connectivity index (χ1v) is 8.40. The molecule has 0 radical (unpaired) electrons. The Morgan fingerprint density at radius 1 is 1.21 bits per heavy atom. The van der Waals surface area contributed by atoms with Crippen LogP contribution in [0.4, 0.5) is 0 Å². The molecular formula is C13H19ClO3PS+. The number of hydrogen-bond acceptors (Lipinski definition) is 3. The highest BCUT2D eigenvalue weighted by Crippen LogP contribution is 2.49. The molecule has 0 heterocycles. The van der Waals surface area contributed by atoms with Crippen molar-refractivity contribution in [1.29, 1.82) is 0 Å². The molecular weight excluding hydrogens is 303 g/mol. The van der Waals surface area contributed by atoms with E-state index in [1.165, 1.54) is 11.8 Å². The Morgan fingerprint density at radius 2 is 1.68 bits per heavy atom. The SMILES string of the molecule is CC(C)C(O[P+](=O)O)(Sc1ccc(Cl)cc1)C(C)C. The molecule has 1 aromatic rings. The summed E-state index contributed by atoms with van der Waals surface area (Å²) < 4.78 is 16.5. The summed E-state index contributed by atoms with van der Waals surface area (Å²) in [5.74, 6) is 0.165. The molecule has 1 N–H and O–H groups in total. The molecule has 1 aromatic carbocycles. The summed E-state index contributed by atoms with van der Waals surface area (Å²) in [4.78, 5) is 9.38. The molecule has 3 nitrogen and oxygen atoms in total. The third-order valence-electron chi connectivity index (χ3n) is 2.92. The topological polar surface area (TPSA) is 46.5 Å². The van der Waals surface area contributed by atoms with E-state index >= 15 is 0 Å². The molecule has 0 saturated heterocycles. The smallest absolute Gasteiger partial charge is 0.133 e. The van der Waals surface area contributed by atoms with Crippen molar-refractivity contribution in [3.05, 3.63) is 29.3 Å². The first-order valence-electron chi connectivity index (χ1n) is 6.07. The summed E-state index contributed by atoms with van der Waals surface area (Å²) in [5.41, 5.74) is 0. The van der Waals surface area contributed by atoms with Gasteiger partial charge in [0.15, 0.2) is 4.93 Å². The fourth-order valence-corrected chi connectivity index (χ4v) is 4.18. The van der Waals surface area contributed by atoms with Crippen LogP contribution in [0.25, 0.3) is 0 Å². The lowest BCUT2D eigenvalue weighted by Gasteiger charge is -2.34. The standard InChI is InChI=1S/C13H18ClO3PS/c1-9(2)13(10(3)4,17-18(15)16)19-12-7-5-11(14)6-8-12/h5-10H,1-4H3/p+1. The molecule has 0 bridgehead atoms. The van der Waals surface area contributed by atoms with Gasteiger partial charge in [-0.3, -0.25) is 0 Å². The Labute approximate surface area is 124 Å². The zero-order valence-electron chi connectivity index (χ0n) is 11.5. The van der Waals surface area contributed by atoms with Crippen molar-refractivity contribution < 1.29 is 14.0 Å². The monoisotopic (exact) mass is 321 g/mol. The van der Waals surface area contributed by atoms with E-state index in [1.54, 1.807) is 12.1 Å². The van der Waals surface area contributed by atoms with Gasteiger partial charge in [0, 0.05) is 14.5 Å². The number of hydrogen-bond donors (Lipinski definition) is 1. The maximum atomic E-state index is 11.2. The summed E-state index contributed by atoms with van der Waals surface area (Å²) >= 11 is 7.33. The lowest BCUT2D eigenvalue weighted by Crippen LogP contribution is -2.38. The molecule has 0 spiro atoms. The van der Waals surface area contributed by atoms with Gasteiger partial charge in [0.2, 0.25) is 0 Å². The van der Waals surface area contributed by atoms with Crippen molar-refractivity contribution in [2.45, 2.75) is 37.5 Å². The molecule has 1 atom stereocenters. The number of rotatable bonds is 6. The third-order valence-corrected chi connectivity index (χ3v) is 5.61. The van der Waals surface area contributed by atoms with Gasteiger partial charge in [0.05, 0.1) is 0 Å². The van der Waals surface area contributed by atoms with Crippen LogP contribution in [0, 0.1) is 11.8 Å². The highest BCUT2D eigenvalue weighted by Gasteiger charge is 2.47. The van der Waals surface area contributed by atoms with E-state index in [2.05, 4.69) is 0 Å². The second kappa shape index (κ2) is 7.05. The van der Waals surface area contributed by atoms with E-state index in [-0.39, 0.29) is 11.8 Å². The van der Waals surface area contributed by atoms with Gasteiger partial charge in [-0.2, -0.15) is 0 Å². The Morgan fingerprint density at radius 3 is 2.05 bits per heavy atom. The normalized spacial score (nSPS) is 13.2. The predicted octanol–water partition coefficient (Wildman–Crippen LogP) is 5.11. The predicted molar refractivity (Wildman–Crippen MR) is 80.6 cm³/mol. The Kier molecular flexibility index (Phi) is 6.28. The largest absolute Gasteiger partial charge is 0.696 e. The van der Waals surface area contributed by atoms with Gasteiger partial charge in [-0.05, 0) is 36.1 Å². The number of thioether (sulfide) groups is 1. The average Bonchev–Trinajstić information content (AvgIpc) is 2.29. The minimum Gasteiger partial charge on any atom is -0.133 e. The van der Waals surface area contributed by atoms with E-state index < -0.39 is 13.2 Å². The molecule has 0 aliphatic heterocycles. The zero-order valence-corrected chi connectivity index (χ0v) is 13.9. The fraction of sp³-hybridized carbons (Fsp3) is 0.538. The second-order valence-corrected chi connectivity index (χ2v) is 7.32. The van der Waals surface area contributed by atoms with Gasteiger partial charge < -0.3 is 0 Å². The molecule has 0 aliphatic carbocycles. The van der Waals surface area contributed by atoms with Crippen molar-refractivity contribution in [2.24, 2.45) is 11.8 Å². The Hall–Kier alpha value is -0.120. The van der Waals surface area contributed by atoms with Crippen LogP contribution in [0.5, 0.6) is 0 Å². The van der Waals surface area contributed by atoms with Crippen LogP contribution in [-0.2, 0) is 9.09 Å². The Bertz CT molecular complexity index is 426. The van der Waals surface area contributed by atoms with Crippen LogP contribution in [0.2, 0.25) is 5.02 Å². The van der Waals surface area contributed by atoms with E-state index in [1.807, 2.05) is 39.8 Å². The minimum atomic E-state index is -2.65. The van der Waals surface area contributed by atoms with E-state index in [9.17, 15) is 4.57 Å². The molecule has 1 unspecified atom stereocenters. The summed E-state index contributed by atoms with van der Waals surface area (Å²) in [5, 5.41) is 0.665. The van der Waals surface area contributed by atoms with Gasteiger partial charge in [-0.15, -0.1) is 9.42 Å². The average molecular weight is 322 g/mol. The molecule has 1 rings (SSSR count). The maximum Gasteiger partial charge on any atom is 0.696 e. The lowest BCUT2D eigenvalue weighted by molar-refractivity contribution is 0.0651. The third kappa shape index (κ3) is 4.44. The van der Waals surface area contributed by atoms with Gasteiger partial charge in [-0.1, -0.05) is 51.1 Å². The molecule has 0 fully saturated rings. The van der Waals surface area contributed by atoms with Crippen LogP contribution in [-0.4, -0.2) is 9.83 Å². The van der Waals surface area contributed by atoms with Gasteiger partial charge in [0.1, 0.15) is 0 Å². The van der Waals surface area contributed by atoms with E-state index in [0.29, 0.717) is 5.02 Å². The summed E-state index contributed by atoms with van der Waals surface area (Å²) in [6.07, 6.45) is 0. The van der Waals surface area contributed by atoms with Crippen LogP contribution in [0.1, 0.15) is 27.7 Å². The van der Waals surface area contributed by atoms with Crippen LogP contribution < -0.4 is 0 Å². The van der Waals surface area contributed by atoms with Crippen molar-refractivity contribution >= 4 is 31.6 Å². The van der Waals surface area contributed by atoms with Gasteiger partial charge in [-0.25, -0.2) is 0 Å². The van der Waals surface area contributed by atoms with Crippen molar-refractivity contribution in [1.82, 2.24) is 0 Å². The van der Waals surface area contributed by atoms with Crippen molar-refractivity contribution in [2.75, 3.05) is 0 Å².